The predicted octanol–water partition coefficient (Wildman–Crippen LogP) is 3.17. The van der Waals surface area contributed by atoms with Crippen LogP contribution < -0.4 is 0 Å². The third kappa shape index (κ3) is 2.78. The van der Waals surface area contributed by atoms with E-state index in [4.69, 9.17) is 0 Å². The zero-order valence-electron chi connectivity index (χ0n) is 10.3. The Balaban J connectivity index is 1.88. The smallest absolute Gasteiger partial charge is 0.143 e. The Kier molecular flexibility index (Phi) is 4.27. The van der Waals surface area contributed by atoms with Crippen molar-refractivity contribution in [2.24, 2.45) is 0 Å². The summed E-state index contributed by atoms with van der Waals surface area (Å²) in [4.78, 5) is 0. The van der Waals surface area contributed by atoms with Crippen molar-refractivity contribution in [1.82, 2.24) is 14.8 Å². The summed E-state index contributed by atoms with van der Waals surface area (Å²) < 4.78 is 2.22. The van der Waals surface area contributed by atoms with Gasteiger partial charge >= 0.3 is 0 Å². The Hall–Kier alpha value is -0.510. The van der Waals surface area contributed by atoms with Gasteiger partial charge in [-0.05, 0) is 26.7 Å². The van der Waals surface area contributed by atoms with Gasteiger partial charge in [-0.1, -0.05) is 19.3 Å². The molecular weight excluding hydrogens is 218 g/mol. The highest BCUT2D eigenvalue weighted by Crippen LogP contribution is 2.30. The maximum Gasteiger partial charge on any atom is 0.143 e. The molecule has 0 aromatic carbocycles. The van der Waals surface area contributed by atoms with Gasteiger partial charge in [-0.3, -0.25) is 0 Å². The Morgan fingerprint density at radius 2 is 2.00 bits per heavy atom. The first-order valence-corrected chi connectivity index (χ1v) is 7.36. The molecule has 1 heterocycles. The summed E-state index contributed by atoms with van der Waals surface area (Å²) in [6.07, 6.45) is 7.05. The van der Waals surface area contributed by atoms with Crippen molar-refractivity contribution >= 4 is 11.8 Å². The molecular formula is C12H21N3S. The van der Waals surface area contributed by atoms with Crippen LogP contribution in [0.4, 0.5) is 0 Å². The molecule has 0 unspecified atom stereocenters. The molecule has 3 nitrogen and oxygen atoms in total. The first-order valence-electron chi connectivity index (χ1n) is 6.31. The molecule has 1 fully saturated rings. The standard InChI is InChI=1S/C12H21N3S/c1-3-15-10(2)13-14-12(15)9-16-11-7-5-4-6-8-11/h11H,3-9H2,1-2H3. The zero-order valence-corrected chi connectivity index (χ0v) is 11.1. The summed E-state index contributed by atoms with van der Waals surface area (Å²) in [5.74, 6) is 3.22. The van der Waals surface area contributed by atoms with Crippen molar-refractivity contribution in [1.29, 1.82) is 0 Å². The monoisotopic (exact) mass is 239 g/mol. The van der Waals surface area contributed by atoms with E-state index in [2.05, 4.69) is 33.5 Å². The van der Waals surface area contributed by atoms with Crippen LogP contribution in [0.15, 0.2) is 0 Å². The molecule has 0 spiro atoms. The molecule has 0 bridgehead atoms. The van der Waals surface area contributed by atoms with Gasteiger partial charge in [0, 0.05) is 11.8 Å². The lowest BCUT2D eigenvalue weighted by molar-refractivity contribution is 0.515. The first kappa shape index (κ1) is 12.0. The lowest BCUT2D eigenvalue weighted by Gasteiger charge is -2.20. The van der Waals surface area contributed by atoms with E-state index in [0.717, 1.165) is 29.2 Å². The molecule has 0 saturated heterocycles. The van der Waals surface area contributed by atoms with E-state index >= 15 is 0 Å². The Labute approximate surface area is 102 Å². The molecule has 0 aliphatic heterocycles. The molecule has 0 amide bonds. The number of nitrogens with zero attached hydrogens (tertiary/aromatic N) is 3. The molecule has 1 aromatic rings. The van der Waals surface area contributed by atoms with Crippen LogP contribution in [0.5, 0.6) is 0 Å². The molecule has 1 aromatic heterocycles. The van der Waals surface area contributed by atoms with Crippen LogP contribution in [-0.4, -0.2) is 20.0 Å². The van der Waals surface area contributed by atoms with Crippen LogP contribution in [-0.2, 0) is 12.3 Å². The Bertz CT molecular complexity index is 329. The molecule has 4 heteroatoms. The average molecular weight is 239 g/mol. The molecule has 2 rings (SSSR count). The number of hydrogen-bond donors (Lipinski definition) is 0. The van der Waals surface area contributed by atoms with Crippen LogP contribution in [0.1, 0.15) is 50.7 Å². The van der Waals surface area contributed by atoms with Crippen LogP contribution in [0.25, 0.3) is 0 Å². The Morgan fingerprint density at radius 1 is 1.25 bits per heavy atom. The summed E-state index contributed by atoms with van der Waals surface area (Å²) in [7, 11) is 0. The third-order valence-electron chi connectivity index (χ3n) is 3.33. The van der Waals surface area contributed by atoms with Gasteiger partial charge in [0.05, 0.1) is 5.75 Å². The van der Waals surface area contributed by atoms with Gasteiger partial charge in [0.25, 0.3) is 0 Å². The highest BCUT2D eigenvalue weighted by atomic mass is 32.2. The molecule has 0 atom stereocenters. The number of hydrogen-bond acceptors (Lipinski definition) is 3. The minimum Gasteiger partial charge on any atom is -0.315 e. The second kappa shape index (κ2) is 5.71. The fraction of sp³-hybridized carbons (Fsp3) is 0.833. The first-order chi connectivity index (χ1) is 7.81. The number of thioether (sulfide) groups is 1. The maximum absolute atomic E-state index is 4.26. The van der Waals surface area contributed by atoms with Crippen molar-refractivity contribution in [3.63, 3.8) is 0 Å². The van der Waals surface area contributed by atoms with Gasteiger partial charge in [0.15, 0.2) is 0 Å². The number of rotatable bonds is 4. The zero-order chi connectivity index (χ0) is 11.4. The minimum atomic E-state index is 0.857. The van der Waals surface area contributed by atoms with Gasteiger partial charge in [-0.25, -0.2) is 0 Å². The molecule has 0 N–H and O–H groups in total. The molecule has 1 aliphatic carbocycles. The minimum absolute atomic E-state index is 0.857. The Morgan fingerprint density at radius 3 is 2.69 bits per heavy atom. The van der Waals surface area contributed by atoms with E-state index in [9.17, 15) is 0 Å². The topological polar surface area (TPSA) is 30.7 Å². The van der Waals surface area contributed by atoms with Gasteiger partial charge in [0.2, 0.25) is 0 Å². The quantitative estimate of drug-likeness (QED) is 0.808. The predicted molar refractivity (Wildman–Crippen MR) is 68.6 cm³/mol. The second-order valence-electron chi connectivity index (χ2n) is 4.48. The van der Waals surface area contributed by atoms with E-state index in [0.29, 0.717) is 0 Å². The maximum atomic E-state index is 4.26. The lowest BCUT2D eigenvalue weighted by atomic mass is 10.0. The summed E-state index contributed by atoms with van der Waals surface area (Å²) in [6.45, 7) is 5.18. The van der Waals surface area contributed by atoms with Gasteiger partial charge in [-0.2, -0.15) is 11.8 Å². The van der Waals surface area contributed by atoms with Crippen LogP contribution in [0, 0.1) is 6.92 Å². The highest BCUT2D eigenvalue weighted by molar-refractivity contribution is 7.99. The number of aryl methyl sites for hydroxylation is 1. The van der Waals surface area contributed by atoms with E-state index in [-0.39, 0.29) is 0 Å². The average Bonchev–Trinajstić information content (AvgIpc) is 2.68. The normalized spacial score (nSPS) is 17.9. The van der Waals surface area contributed by atoms with Crippen molar-refractivity contribution in [3.05, 3.63) is 11.6 Å². The van der Waals surface area contributed by atoms with Crippen LogP contribution >= 0.6 is 11.8 Å². The van der Waals surface area contributed by atoms with E-state index < -0.39 is 0 Å². The second-order valence-corrected chi connectivity index (χ2v) is 5.77. The van der Waals surface area contributed by atoms with Gasteiger partial charge in [-0.15, -0.1) is 10.2 Å². The molecule has 0 radical (unpaired) electrons. The van der Waals surface area contributed by atoms with Crippen molar-refractivity contribution in [2.75, 3.05) is 0 Å². The van der Waals surface area contributed by atoms with Crippen molar-refractivity contribution in [2.45, 2.75) is 63.5 Å². The fourth-order valence-electron chi connectivity index (χ4n) is 2.37. The van der Waals surface area contributed by atoms with E-state index in [1.807, 2.05) is 6.92 Å². The van der Waals surface area contributed by atoms with Gasteiger partial charge < -0.3 is 4.57 Å². The fourth-order valence-corrected chi connectivity index (χ4v) is 3.63. The highest BCUT2D eigenvalue weighted by Gasteiger charge is 2.15. The van der Waals surface area contributed by atoms with E-state index in [1.54, 1.807) is 0 Å². The van der Waals surface area contributed by atoms with Gasteiger partial charge in [0.1, 0.15) is 11.6 Å². The summed E-state index contributed by atoms with van der Waals surface area (Å²) in [6, 6.07) is 0. The largest absolute Gasteiger partial charge is 0.315 e. The van der Waals surface area contributed by atoms with Crippen LogP contribution in [0.3, 0.4) is 0 Å². The molecule has 1 aliphatic rings. The SMILES string of the molecule is CCn1c(C)nnc1CSC1CCCCC1. The molecule has 1 saturated carbocycles. The van der Waals surface area contributed by atoms with E-state index in [1.165, 1.54) is 32.1 Å². The third-order valence-corrected chi connectivity index (χ3v) is 4.70. The van der Waals surface area contributed by atoms with Crippen molar-refractivity contribution in [3.8, 4) is 0 Å². The summed E-state index contributed by atoms with van der Waals surface area (Å²) in [5, 5.41) is 9.27. The van der Waals surface area contributed by atoms with Crippen molar-refractivity contribution < 1.29 is 0 Å². The molecule has 16 heavy (non-hydrogen) atoms. The summed E-state index contributed by atoms with van der Waals surface area (Å²) >= 11 is 2.07. The number of aromatic nitrogens is 3. The molecule has 90 valence electrons. The lowest BCUT2D eigenvalue weighted by Crippen LogP contribution is -2.10. The van der Waals surface area contributed by atoms with Crippen LogP contribution in [0.2, 0.25) is 0 Å². The summed E-state index contributed by atoms with van der Waals surface area (Å²) in [5.41, 5.74) is 0.